The molecule has 0 atom stereocenters. The van der Waals surface area contributed by atoms with Crippen LogP contribution in [0.5, 0.6) is 0 Å². The summed E-state index contributed by atoms with van der Waals surface area (Å²) >= 11 is 0. The third-order valence-corrected chi connectivity index (χ3v) is 4.14. The average Bonchev–Trinajstić information content (AvgIpc) is 3.16. The number of piperazine rings is 1. The molecule has 1 aromatic heterocycles. The first-order valence-electron chi connectivity index (χ1n) is 8.23. The van der Waals surface area contributed by atoms with Crippen LogP contribution in [0.1, 0.15) is 17.0 Å². The predicted molar refractivity (Wildman–Crippen MR) is 90.7 cm³/mol. The zero-order chi connectivity index (χ0) is 17.6. The van der Waals surface area contributed by atoms with Crippen LogP contribution in [0.2, 0.25) is 0 Å². The first kappa shape index (κ1) is 17.0. The van der Waals surface area contributed by atoms with E-state index in [2.05, 4.69) is 5.32 Å². The van der Waals surface area contributed by atoms with Crippen LogP contribution < -0.4 is 5.32 Å². The molecule has 1 saturated heterocycles. The van der Waals surface area contributed by atoms with E-state index in [1.807, 2.05) is 0 Å². The lowest BCUT2D eigenvalue weighted by molar-refractivity contribution is -0.132. The fraction of sp³-hybridized carbons (Fsp3) is 0.333. The van der Waals surface area contributed by atoms with Crippen molar-refractivity contribution >= 4 is 17.5 Å². The number of anilines is 1. The summed E-state index contributed by atoms with van der Waals surface area (Å²) in [6, 6.07) is 9.46. The fourth-order valence-corrected chi connectivity index (χ4v) is 2.79. The molecule has 2 heterocycles. The van der Waals surface area contributed by atoms with Gasteiger partial charge in [-0.3, -0.25) is 9.59 Å². The zero-order valence-corrected chi connectivity index (χ0v) is 13.8. The van der Waals surface area contributed by atoms with Gasteiger partial charge in [-0.05, 0) is 30.3 Å². The van der Waals surface area contributed by atoms with Crippen LogP contribution in [0, 0.1) is 5.82 Å². The van der Waals surface area contributed by atoms with Crippen LogP contribution in [0.25, 0.3) is 0 Å². The lowest BCUT2D eigenvalue weighted by atomic mass is 10.2. The second-order valence-corrected chi connectivity index (χ2v) is 5.84. The molecule has 1 aliphatic rings. The number of furan rings is 1. The maximum atomic E-state index is 13.1. The van der Waals surface area contributed by atoms with Crippen molar-refractivity contribution in [2.45, 2.75) is 6.42 Å². The molecule has 0 unspecified atom stereocenters. The third kappa shape index (κ3) is 4.37. The number of nitrogens with one attached hydrogen (secondary N) is 1. The molecule has 0 radical (unpaired) electrons. The van der Waals surface area contributed by atoms with Gasteiger partial charge in [-0.25, -0.2) is 4.39 Å². The Balaban J connectivity index is 1.41. The van der Waals surface area contributed by atoms with Crippen molar-refractivity contribution in [3.05, 3.63) is 54.2 Å². The molecule has 2 aromatic rings. The zero-order valence-electron chi connectivity index (χ0n) is 13.8. The summed E-state index contributed by atoms with van der Waals surface area (Å²) < 4.78 is 18.2. The minimum absolute atomic E-state index is 0.0222. The van der Waals surface area contributed by atoms with Crippen LogP contribution in [-0.2, 0) is 4.79 Å². The molecule has 1 aromatic carbocycles. The van der Waals surface area contributed by atoms with Gasteiger partial charge in [0.25, 0.3) is 5.91 Å². The summed E-state index contributed by atoms with van der Waals surface area (Å²) in [6.45, 7) is 2.43. The molecule has 6 nitrogen and oxygen atoms in total. The lowest BCUT2D eigenvalue weighted by Crippen LogP contribution is -2.50. The standard InChI is InChI=1S/C18H20FN3O3/c19-14-3-1-4-15(13-14)20-7-6-17(23)21-8-10-22(11-9-21)18(24)16-5-2-12-25-16/h1-5,12-13,20H,6-11H2. The quantitative estimate of drug-likeness (QED) is 0.902. The van der Waals surface area contributed by atoms with Gasteiger partial charge >= 0.3 is 0 Å². The Morgan fingerprint density at radius 3 is 2.52 bits per heavy atom. The van der Waals surface area contributed by atoms with Crippen LogP contribution in [0.15, 0.2) is 47.1 Å². The second-order valence-electron chi connectivity index (χ2n) is 5.84. The van der Waals surface area contributed by atoms with Crippen LogP contribution in [-0.4, -0.2) is 54.3 Å². The molecule has 1 fully saturated rings. The summed E-state index contributed by atoms with van der Waals surface area (Å²) in [7, 11) is 0. The summed E-state index contributed by atoms with van der Waals surface area (Å²) in [6.07, 6.45) is 1.79. The normalized spacial score (nSPS) is 14.4. The van der Waals surface area contributed by atoms with Gasteiger partial charge in [-0.1, -0.05) is 6.07 Å². The minimum Gasteiger partial charge on any atom is -0.459 e. The molecular formula is C18H20FN3O3. The molecule has 2 amide bonds. The number of halogens is 1. The van der Waals surface area contributed by atoms with Gasteiger partial charge in [-0.15, -0.1) is 0 Å². The molecule has 1 N–H and O–H groups in total. The average molecular weight is 345 g/mol. The molecule has 132 valence electrons. The van der Waals surface area contributed by atoms with Crippen molar-refractivity contribution in [1.29, 1.82) is 0 Å². The predicted octanol–water partition coefficient (Wildman–Crippen LogP) is 2.21. The topological polar surface area (TPSA) is 65.8 Å². The van der Waals surface area contributed by atoms with Crippen molar-refractivity contribution in [1.82, 2.24) is 9.80 Å². The monoisotopic (exact) mass is 345 g/mol. The van der Waals surface area contributed by atoms with Crippen molar-refractivity contribution in [3.63, 3.8) is 0 Å². The van der Waals surface area contributed by atoms with Gasteiger partial charge in [-0.2, -0.15) is 0 Å². The number of nitrogens with zero attached hydrogens (tertiary/aromatic N) is 2. The van der Waals surface area contributed by atoms with Gasteiger partial charge in [0.1, 0.15) is 5.82 Å². The van der Waals surface area contributed by atoms with E-state index in [1.54, 1.807) is 34.1 Å². The van der Waals surface area contributed by atoms with E-state index in [1.165, 1.54) is 18.4 Å². The Kier molecular flexibility index (Phi) is 5.33. The molecule has 25 heavy (non-hydrogen) atoms. The van der Waals surface area contributed by atoms with E-state index < -0.39 is 0 Å². The van der Waals surface area contributed by atoms with Crippen molar-refractivity contribution in [2.24, 2.45) is 0 Å². The lowest BCUT2D eigenvalue weighted by Gasteiger charge is -2.34. The van der Waals surface area contributed by atoms with E-state index in [0.29, 0.717) is 50.6 Å². The number of carbonyl (C=O) groups is 2. The van der Waals surface area contributed by atoms with E-state index in [9.17, 15) is 14.0 Å². The summed E-state index contributed by atoms with van der Waals surface area (Å²) in [5.41, 5.74) is 0.654. The SMILES string of the molecule is O=C(CCNc1cccc(F)c1)N1CCN(C(=O)c2ccco2)CC1. The Morgan fingerprint density at radius 2 is 1.84 bits per heavy atom. The highest BCUT2D eigenvalue weighted by Gasteiger charge is 2.25. The molecule has 0 aliphatic carbocycles. The molecule has 1 aliphatic heterocycles. The van der Waals surface area contributed by atoms with E-state index in [4.69, 9.17) is 4.42 Å². The first-order chi connectivity index (χ1) is 12.1. The summed E-state index contributed by atoms with van der Waals surface area (Å²) in [5, 5.41) is 3.04. The highest BCUT2D eigenvalue weighted by atomic mass is 19.1. The van der Waals surface area contributed by atoms with Crippen molar-refractivity contribution in [2.75, 3.05) is 38.0 Å². The maximum absolute atomic E-state index is 13.1. The number of carbonyl (C=O) groups excluding carboxylic acids is 2. The highest BCUT2D eigenvalue weighted by molar-refractivity contribution is 5.91. The van der Waals surface area contributed by atoms with Gasteiger partial charge < -0.3 is 19.5 Å². The molecule has 7 heteroatoms. The van der Waals surface area contributed by atoms with Crippen molar-refractivity contribution < 1.29 is 18.4 Å². The van der Waals surface area contributed by atoms with E-state index >= 15 is 0 Å². The Hall–Kier alpha value is -2.83. The van der Waals surface area contributed by atoms with Gasteiger partial charge in [0, 0.05) is 44.8 Å². The number of rotatable bonds is 5. The Bertz CT molecular complexity index is 725. The minimum atomic E-state index is -0.311. The molecule has 0 bridgehead atoms. The third-order valence-electron chi connectivity index (χ3n) is 4.14. The molecule has 0 spiro atoms. The van der Waals surface area contributed by atoms with Crippen molar-refractivity contribution in [3.8, 4) is 0 Å². The number of hydrogen-bond acceptors (Lipinski definition) is 4. The maximum Gasteiger partial charge on any atom is 0.289 e. The molecule has 0 saturated carbocycles. The van der Waals surface area contributed by atoms with E-state index in [-0.39, 0.29) is 17.6 Å². The number of amides is 2. The second kappa shape index (κ2) is 7.83. The summed E-state index contributed by atoms with van der Waals surface area (Å²) in [4.78, 5) is 27.9. The van der Waals surface area contributed by atoms with Gasteiger partial charge in [0.05, 0.1) is 6.26 Å². The van der Waals surface area contributed by atoms with Gasteiger partial charge in [0.15, 0.2) is 5.76 Å². The molecular weight excluding hydrogens is 325 g/mol. The number of hydrogen-bond donors (Lipinski definition) is 1. The van der Waals surface area contributed by atoms with E-state index in [0.717, 1.165) is 0 Å². The van der Waals surface area contributed by atoms with Crippen LogP contribution in [0.4, 0.5) is 10.1 Å². The van der Waals surface area contributed by atoms with Crippen LogP contribution >= 0.6 is 0 Å². The summed E-state index contributed by atoms with van der Waals surface area (Å²) in [5.74, 6) is -0.119. The fourth-order valence-electron chi connectivity index (χ4n) is 2.79. The Labute approximate surface area is 145 Å². The van der Waals surface area contributed by atoms with Gasteiger partial charge in [0.2, 0.25) is 5.91 Å². The van der Waals surface area contributed by atoms with Crippen LogP contribution in [0.3, 0.4) is 0 Å². The Morgan fingerprint density at radius 1 is 1.08 bits per heavy atom. The largest absolute Gasteiger partial charge is 0.459 e. The molecule has 3 rings (SSSR count). The number of benzene rings is 1. The smallest absolute Gasteiger partial charge is 0.289 e. The first-order valence-corrected chi connectivity index (χ1v) is 8.23. The highest BCUT2D eigenvalue weighted by Crippen LogP contribution is 2.11.